The number of hydrogen-bond acceptors (Lipinski definition) is 15. The summed E-state index contributed by atoms with van der Waals surface area (Å²) in [6.07, 6.45) is 54.2. The molecular formula is C75H146O17P2. The van der Waals surface area contributed by atoms with Crippen LogP contribution in [-0.2, 0) is 65.4 Å². The standard InChI is InChI=1S/C75H146O17P2/c1-7-10-12-14-16-18-20-22-23-24-25-26-27-29-31-33-40-47-53-59-74(79)91-70(63-85-72(77)57-51-45-39-32-30-28-21-19-17-15-13-11-8-2)65-89-93(81,82)87-61-69(76)62-88-94(83,84)90-66-71(64-86-73(78)58-52-46-42-36-37-43-49-55-67(4)5)92-75(80)60-54-48-41-35-34-38-44-50-56-68(6)9-3/h67-71,76H,7-66H2,1-6H3,(H,81,82)(H,83,84)/t68?,69-,70-,71-/m1/s1. The molecule has 0 aromatic heterocycles. The van der Waals surface area contributed by atoms with Gasteiger partial charge in [-0.15, -0.1) is 0 Å². The van der Waals surface area contributed by atoms with Crippen molar-refractivity contribution >= 4 is 39.5 Å². The molecule has 0 aromatic carbocycles. The molecule has 0 aliphatic carbocycles. The number of phosphoric acid groups is 2. The Bertz CT molecular complexity index is 1820. The summed E-state index contributed by atoms with van der Waals surface area (Å²) in [5.41, 5.74) is 0. The van der Waals surface area contributed by atoms with Crippen LogP contribution in [0.4, 0.5) is 0 Å². The molecule has 17 nitrogen and oxygen atoms in total. The third-order valence-corrected chi connectivity index (χ3v) is 19.7. The second kappa shape index (κ2) is 66.9. The molecule has 0 amide bonds. The summed E-state index contributed by atoms with van der Waals surface area (Å²) in [6.45, 7) is 9.53. The average Bonchev–Trinajstić information content (AvgIpc) is 3.15. The summed E-state index contributed by atoms with van der Waals surface area (Å²) in [5, 5.41) is 10.6. The lowest BCUT2D eigenvalue weighted by atomic mass is 9.99. The summed E-state index contributed by atoms with van der Waals surface area (Å²) in [4.78, 5) is 72.7. The molecule has 0 saturated heterocycles. The Balaban J connectivity index is 5.23. The van der Waals surface area contributed by atoms with E-state index < -0.39 is 97.5 Å². The number of rotatable bonds is 74. The molecule has 19 heteroatoms. The van der Waals surface area contributed by atoms with E-state index in [-0.39, 0.29) is 25.7 Å². The highest BCUT2D eigenvalue weighted by atomic mass is 31.2. The highest BCUT2D eigenvalue weighted by Crippen LogP contribution is 2.45. The van der Waals surface area contributed by atoms with E-state index in [1.165, 1.54) is 199 Å². The first-order valence-electron chi connectivity index (χ1n) is 39.0. The van der Waals surface area contributed by atoms with Crippen LogP contribution in [0.3, 0.4) is 0 Å². The van der Waals surface area contributed by atoms with Crippen LogP contribution in [0, 0.1) is 11.8 Å². The number of carbonyl (C=O) groups excluding carboxylic acids is 4. The molecule has 0 bridgehead atoms. The van der Waals surface area contributed by atoms with Crippen molar-refractivity contribution in [2.75, 3.05) is 39.6 Å². The lowest BCUT2D eigenvalue weighted by molar-refractivity contribution is -0.161. The van der Waals surface area contributed by atoms with E-state index in [0.29, 0.717) is 31.6 Å². The number of hydrogen-bond donors (Lipinski definition) is 3. The predicted octanol–water partition coefficient (Wildman–Crippen LogP) is 21.9. The zero-order valence-electron chi connectivity index (χ0n) is 61.3. The van der Waals surface area contributed by atoms with E-state index in [0.717, 1.165) is 102 Å². The SMILES string of the molecule is CCCCCCCCCCCCCCCCCCCCCC(=O)O[C@H](COC(=O)CCCCCCCCCCCCCCC)COP(=O)(O)OC[C@@H](O)COP(=O)(O)OC[C@@H](COC(=O)CCCCCCCCCC(C)C)OC(=O)CCCCCCCCCCC(C)CC. The zero-order chi connectivity index (χ0) is 69.3. The highest BCUT2D eigenvalue weighted by Gasteiger charge is 2.30. The minimum atomic E-state index is -4.96. The van der Waals surface area contributed by atoms with Gasteiger partial charge >= 0.3 is 39.5 Å². The number of ether oxygens (including phenoxy) is 4. The second-order valence-electron chi connectivity index (χ2n) is 27.8. The van der Waals surface area contributed by atoms with Crippen molar-refractivity contribution in [2.24, 2.45) is 11.8 Å². The Hall–Kier alpha value is -1.94. The van der Waals surface area contributed by atoms with Crippen LogP contribution in [0.25, 0.3) is 0 Å². The van der Waals surface area contributed by atoms with Crippen LogP contribution in [0.1, 0.15) is 388 Å². The fourth-order valence-corrected chi connectivity index (χ4v) is 13.0. The van der Waals surface area contributed by atoms with Gasteiger partial charge in [-0.1, -0.05) is 337 Å². The maximum atomic E-state index is 13.1. The van der Waals surface area contributed by atoms with E-state index in [9.17, 15) is 43.2 Å². The van der Waals surface area contributed by atoms with E-state index in [1.807, 2.05) is 0 Å². The molecule has 0 aromatic rings. The molecule has 558 valence electrons. The molecule has 0 spiro atoms. The number of carbonyl (C=O) groups is 4. The monoisotopic (exact) mass is 1380 g/mol. The zero-order valence-corrected chi connectivity index (χ0v) is 63.1. The molecule has 0 heterocycles. The number of esters is 4. The van der Waals surface area contributed by atoms with E-state index in [4.69, 9.17) is 37.0 Å². The number of phosphoric ester groups is 2. The molecule has 3 N–H and O–H groups in total. The van der Waals surface area contributed by atoms with Crippen LogP contribution in [0.5, 0.6) is 0 Å². The van der Waals surface area contributed by atoms with Gasteiger partial charge in [-0.05, 0) is 37.5 Å². The lowest BCUT2D eigenvalue weighted by Crippen LogP contribution is -2.30. The van der Waals surface area contributed by atoms with Gasteiger partial charge in [-0.2, -0.15) is 0 Å². The molecule has 0 radical (unpaired) electrons. The normalized spacial score (nSPS) is 14.3. The highest BCUT2D eigenvalue weighted by molar-refractivity contribution is 7.47. The van der Waals surface area contributed by atoms with Crippen LogP contribution < -0.4 is 0 Å². The Labute approximate surface area is 575 Å². The molecule has 0 rings (SSSR count). The number of aliphatic hydroxyl groups excluding tert-OH is 1. The largest absolute Gasteiger partial charge is 0.472 e. The Morgan fingerprint density at radius 3 is 0.809 bits per heavy atom. The van der Waals surface area contributed by atoms with Gasteiger partial charge in [-0.3, -0.25) is 37.3 Å². The summed E-state index contributed by atoms with van der Waals surface area (Å²) in [6, 6.07) is 0. The van der Waals surface area contributed by atoms with Crippen molar-refractivity contribution in [3.63, 3.8) is 0 Å². The summed E-state index contributed by atoms with van der Waals surface area (Å²) < 4.78 is 68.5. The van der Waals surface area contributed by atoms with Gasteiger partial charge in [0.1, 0.15) is 19.3 Å². The smallest absolute Gasteiger partial charge is 0.462 e. The Morgan fingerprint density at radius 2 is 0.543 bits per heavy atom. The van der Waals surface area contributed by atoms with E-state index in [2.05, 4.69) is 41.5 Å². The summed E-state index contributed by atoms with van der Waals surface area (Å²) in [5.74, 6) is -0.644. The Kier molecular flexibility index (Phi) is 65.5. The fraction of sp³-hybridized carbons (Fsp3) is 0.947. The minimum Gasteiger partial charge on any atom is -0.462 e. The van der Waals surface area contributed by atoms with Crippen molar-refractivity contribution < 1.29 is 80.2 Å². The fourth-order valence-electron chi connectivity index (χ4n) is 11.4. The maximum absolute atomic E-state index is 13.1. The molecule has 3 unspecified atom stereocenters. The van der Waals surface area contributed by atoms with Gasteiger partial charge < -0.3 is 33.8 Å². The Morgan fingerprint density at radius 1 is 0.309 bits per heavy atom. The number of aliphatic hydroxyl groups is 1. The molecule has 94 heavy (non-hydrogen) atoms. The average molecular weight is 1380 g/mol. The summed E-state index contributed by atoms with van der Waals surface area (Å²) >= 11 is 0. The summed E-state index contributed by atoms with van der Waals surface area (Å²) in [7, 11) is -9.91. The molecule has 0 fully saturated rings. The van der Waals surface area contributed by atoms with Crippen LogP contribution in [0.15, 0.2) is 0 Å². The van der Waals surface area contributed by atoms with E-state index in [1.54, 1.807) is 0 Å². The number of unbranched alkanes of at least 4 members (excludes halogenated alkanes) is 43. The van der Waals surface area contributed by atoms with Gasteiger partial charge in [0.05, 0.1) is 26.4 Å². The van der Waals surface area contributed by atoms with Gasteiger partial charge in [0.2, 0.25) is 0 Å². The lowest BCUT2D eigenvalue weighted by Gasteiger charge is -2.21. The van der Waals surface area contributed by atoms with Crippen molar-refractivity contribution in [3.8, 4) is 0 Å². The van der Waals surface area contributed by atoms with E-state index >= 15 is 0 Å². The van der Waals surface area contributed by atoms with Crippen molar-refractivity contribution in [2.45, 2.75) is 407 Å². The first kappa shape index (κ1) is 92.1. The van der Waals surface area contributed by atoms with Crippen molar-refractivity contribution in [1.29, 1.82) is 0 Å². The van der Waals surface area contributed by atoms with Gasteiger partial charge in [-0.25, -0.2) is 9.13 Å². The van der Waals surface area contributed by atoms with Crippen LogP contribution >= 0.6 is 15.6 Å². The van der Waals surface area contributed by atoms with Gasteiger partial charge in [0.15, 0.2) is 12.2 Å². The third-order valence-electron chi connectivity index (χ3n) is 17.8. The quantitative estimate of drug-likeness (QED) is 0.0222. The molecule has 6 atom stereocenters. The molecular weight excluding hydrogens is 1230 g/mol. The minimum absolute atomic E-state index is 0.104. The first-order valence-corrected chi connectivity index (χ1v) is 42.0. The molecule has 0 saturated carbocycles. The second-order valence-corrected chi connectivity index (χ2v) is 30.7. The van der Waals surface area contributed by atoms with Gasteiger partial charge in [0.25, 0.3) is 0 Å². The molecule has 0 aliphatic rings. The third kappa shape index (κ3) is 67.3. The topological polar surface area (TPSA) is 237 Å². The van der Waals surface area contributed by atoms with Crippen LogP contribution in [0.2, 0.25) is 0 Å². The molecule has 0 aliphatic heterocycles. The van der Waals surface area contributed by atoms with Crippen molar-refractivity contribution in [3.05, 3.63) is 0 Å². The predicted molar refractivity (Wildman–Crippen MR) is 381 cm³/mol. The van der Waals surface area contributed by atoms with Crippen LogP contribution in [-0.4, -0.2) is 96.7 Å². The van der Waals surface area contributed by atoms with Crippen molar-refractivity contribution in [1.82, 2.24) is 0 Å². The van der Waals surface area contributed by atoms with Gasteiger partial charge in [0, 0.05) is 25.7 Å². The maximum Gasteiger partial charge on any atom is 0.472 e. The first-order chi connectivity index (χ1) is 45.4.